The number of hydrogen-bond donors (Lipinski definition) is 1. The molecule has 5 heteroatoms. The highest BCUT2D eigenvalue weighted by Crippen LogP contribution is 2.23. The quantitative estimate of drug-likeness (QED) is 0.479. The molecule has 2 aromatic rings. The van der Waals surface area contributed by atoms with Crippen molar-refractivity contribution >= 4 is 33.0 Å². The monoisotopic (exact) mass is 300 g/mol. The highest BCUT2D eigenvalue weighted by Gasteiger charge is 1.98. The maximum Gasteiger partial charge on any atom is 0.0833 e. The molecule has 21 heavy (non-hydrogen) atoms. The van der Waals surface area contributed by atoms with Gasteiger partial charge in [-0.1, -0.05) is 13.0 Å². The topological polar surface area (TPSA) is 40.5 Å². The van der Waals surface area contributed by atoms with Gasteiger partial charge in [-0.15, -0.1) is 17.9 Å². The SMILES string of the molecule is C=CCN(CC)NC=CC(C)=Nc1ccc2scnc2c1. The summed E-state index contributed by atoms with van der Waals surface area (Å²) in [4.78, 5) is 8.88. The maximum atomic E-state index is 4.57. The zero-order chi connectivity index (χ0) is 15.1. The number of aliphatic imine (C=N–C) groups is 1. The molecule has 1 N–H and O–H groups in total. The van der Waals surface area contributed by atoms with Crippen LogP contribution in [0.15, 0.2) is 53.6 Å². The zero-order valence-corrected chi connectivity index (χ0v) is 13.2. The van der Waals surface area contributed by atoms with Crippen LogP contribution in [0, 0.1) is 0 Å². The Hall–Kier alpha value is -1.98. The molecule has 0 amide bonds. The van der Waals surface area contributed by atoms with Crippen LogP contribution >= 0.6 is 11.3 Å². The second-order valence-corrected chi connectivity index (χ2v) is 5.43. The molecule has 0 bridgehead atoms. The molecule has 0 aliphatic carbocycles. The van der Waals surface area contributed by atoms with Crippen LogP contribution in [0.5, 0.6) is 0 Å². The molecule has 0 atom stereocenters. The molecule has 0 aliphatic heterocycles. The van der Waals surface area contributed by atoms with Gasteiger partial charge in [-0.2, -0.15) is 0 Å². The molecule has 1 aromatic carbocycles. The van der Waals surface area contributed by atoms with Gasteiger partial charge in [-0.25, -0.2) is 9.99 Å². The van der Waals surface area contributed by atoms with E-state index in [1.54, 1.807) is 11.3 Å². The average Bonchev–Trinajstić information content (AvgIpc) is 2.93. The standard InChI is InChI=1S/C16H20N4S/c1-4-10-20(5-2)18-9-8-13(3)19-14-6-7-16-15(11-14)17-12-21-16/h4,6-9,11-12,18H,1,5,10H2,2-3H3. The highest BCUT2D eigenvalue weighted by molar-refractivity contribution is 7.16. The molecule has 2 rings (SSSR count). The fraction of sp³-hybridized carbons (Fsp3) is 0.250. The number of likely N-dealkylation sites (N-methyl/N-ethyl adjacent to an activating group) is 1. The summed E-state index contributed by atoms with van der Waals surface area (Å²) in [7, 11) is 0. The summed E-state index contributed by atoms with van der Waals surface area (Å²) < 4.78 is 1.19. The van der Waals surface area contributed by atoms with Gasteiger partial charge >= 0.3 is 0 Å². The molecule has 0 saturated heterocycles. The lowest BCUT2D eigenvalue weighted by Crippen LogP contribution is -2.34. The van der Waals surface area contributed by atoms with Gasteiger partial charge in [-0.05, 0) is 31.2 Å². The number of hydrogen-bond acceptors (Lipinski definition) is 5. The van der Waals surface area contributed by atoms with Crippen LogP contribution in [0.4, 0.5) is 5.69 Å². The second kappa shape index (κ2) is 7.71. The summed E-state index contributed by atoms with van der Waals surface area (Å²) in [6, 6.07) is 6.08. The van der Waals surface area contributed by atoms with Crippen LogP contribution < -0.4 is 5.43 Å². The first-order valence-electron chi connectivity index (χ1n) is 6.90. The van der Waals surface area contributed by atoms with E-state index < -0.39 is 0 Å². The Morgan fingerprint density at radius 1 is 1.52 bits per heavy atom. The molecule has 0 spiro atoms. The number of rotatable bonds is 7. The van der Waals surface area contributed by atoms with E-state index in [0.717, 1.165) is 30.0 Å². The second-order valence-electron chi connectivity index (χ2n) is 4.55. The zero-order valence-electron chi connectivity index (χ0n) is 12.4. The summed E-state index contributed by atoms with van der Waals surface area (Å²) in [6.07, 6.45) is 5.72. The number of aromatic nitrogens is 1. The van der Waals surface area contributed by atoms with Crippen molar-refractivity contribution in [1.82, 2.24) is 15.4 Å². The number of hydrazine groups is 1. The minimum absolute atomic E-state index is 0.803. The molecule has 0 unspecified atom stereocenters. The Balaban J connectivity index is 2.01. The number of fused-ring (bicyclic) bond motifs is 1. The van der Waals surface area contributed by atoms with Gasteiger partial charge in [0.15, 0.2) is 0 Å². The molecule has 4 nitrogen and oxygen atoms in total. The van der Waals surface area contributed by atoms with Gasteiger partial charge in [-0.3, -0.25) is 4.99 Å². The van der Waals surface area contributed by atoms with Crippen LogP contribution in [0.3, 0.4) is 0 Å². The molecule has 1 aromatic heterocycles. The van der Waals surface area contributed by atoms with Gasteiger partial charge in [0.1, 0.15) is 0 Å². The summed E-state index contributed by atoms with van der Waals surface area (Å²) in [5.74, 6) is 0. The van der Waals surface area contributed by atoms with Gasteiger partial charge < -0.3 is 5.43 Å². The molecule has 1 heterocycles. The van der Waals surface area contributed by atoms with Gasteiger partial charge in [0, 0.05) is 25.0 Å². The van der Waals surface area contributed by atoms with Crippen LogP contribution in [0.25, 0.3) is 10.2 Å². The summed E-state index contributed by atoms with van der Waals surface area (Å²) in [5, 5.41) is 2.05. The summed E-state index contributed by atoms with van der Waals surface area (Å²) in [5.41, 5.74) is 7.92. The van der Waals surface area contributed by atoms with Crippen LogP contribution in [0.2, 0.25) is 0 Å². The Morgan fingerprint density at radius 3 is 3.14 bits per heavy atom. The number of thiazole rings is 1. The Morgan fingerprint density at radius 2 is 2.38 bits per heavy atom. The van der Waals surface area contributed by atoms with Gasteiger partial charge in [0.05, 0.1) is 21.4 Å². The Labute approximate surface area is 129 Å². The smallest absolute Gasteiger partial charge is 0.0833 e. The molecule has 0 radical (unpaired) electrons. The molecule has 0 fully saturated rings. The first-order valence-corrected chi connectivity index (χ1v) is 7.78. The molecular formula is C16H20N4S. The summed E-state index contributed by atoms with van der Waals surface area (Å²) >= 11 is 1.64. The van der Waals surface area contributed by atoms with E-state index in [2.05, 4.69) is 40.0 Å². The minimum Gasteiger partial charge on any atom is -0.326 e. The first-order chi connectivity index (χ1) is 10.2. The van der Waals surface area contributed by atoms with Crippen molar-refractivity contribution in [2.75, 3.05) is 13.1 Å². The van der Waals surface area contributed by atoms with Crippen molar-refractivity contribution in [2.24, 2.45) is 4.99 Å². The lowest BCUT2D eigenvalue weighted by molar-refractivity contribution is 0.261. The Kier molecular flexibility index (Phi) is 5.66. The summed E-state index contributed by atoms with van der Waals surface area (Å²) in [6.45, 7) is 9.52. The van der Waals surface area contributed by atoms with Gasteiger partial charge in [0.25, 0.3) is 0 Å². The normalized spacial score (nSPS) is 12.4. The van der Waals surface area contributed by atoms with E-state index in [-0.39, 0.29) is 0 Å². The van der Waals surface area contributed by atoms with E-state index in [0.29, 0.717) is 0 Å². The third kappa shape index (κ3) is 4.51. The molecule has 0 saturated carbocycles. The average molecular weight is 300 g/mol. The van der Waals surface area contributed by atoms with Crippen molar-refractivity contribution in [1.29, 1.82) is 0 Å². The van der Waals surface area contributed by atoms with E-state index in [9.17, 15) is 0 Å². The third-order valence-electron chi connectivity index (χ3n) is 2.93. The van der Waals surface area contributed by atoms with Crippen molar-refractivity contribution in [2.45, 2.75) is 13.8 Å². The fourth-order valence-electron chi connectivity index (χ4n) is 1.85. The van der Waals surface area contributed by atoms with E-state index >= 15 is 0 Å². The van der Waals surface area contributed by atoms with Crippen LogP contribution in [-0.4, -0.2) is 28.8 Å². The van der Waals surface area contributed by atoms with Crippen LogP contribution in [-0.2, 0) is 0 Å². The largest absolute Gasteiger partial charge is 0.326 e. The Bertz CT molecular complexity index is 657. The number of nitrogens with one attached hydrogen (secondary N) is 1. The molecule has 110 valence electrons. The number of nitrogens with zero attached hydrogens (tertiary/aromatic N) is 3. The van der Waals surface area contributed by atoms with Gasteiger partial charge in [0.2, 0.25) is 0 Å². The maximum absolute atomic E-state index is 4.57. The lowest BCUT2D eigenvalue weighted by Gasteiger charge is -2.17. The van der Waals surface area contributed by atoms with Crippen LogP contribution in [0.1, 0.15) is 13.8 Å². The highest BCUT2D eigenvalue weighted by atomic mass is 32.1. The lowest BCUT2D eigenvalue weighted by atomic mass is 10.3. The van der Waals surface area contributed by atoms with E-state index in [4.69, 9.17) is 0 Å². The predicted octanol–water partition coefficient (Wildman–Crippen LogP) is 3.91. The van der Waals surface area contributed by atoms with Crippen molar-refractivity contribution in [3.05, 3.63) is 48.6 Å². The van der Waals surface area contributed by atoms with Crippen molar-refractivity contribution < 1.29 is 0 Å². The van der Waals surface area contributed by atoms with Crippen molar-refractivity contribution in [3.8, 4) is 0 Å². The predicted molar refractivity (Wildman–Crippen MR) is 92.1 cm³/mol. The molecule has 0 aliphatic rings. The van der Waals surface area contributed by atoms with E-state index in [1.165, 1.54) is 4.70 Å². The van der Waals surface area contributed by atoms with E-state index in [1.807, 2.05) is 42.9 Å². The number of allylic oxidation sites excluding steroid dienone is 1. The first kappa shape index (κ1) is 15.4. The fourth-order valence-corrected chi connectivity index (χ4v) is 2.51. The van der Waals surface area contributed by atoms with Crippen molar-refractivity contribution in [3.63, 3.8) is 0 Å². The number of benzene rings is 1. The third-order valence-corrected chi connectivity index (χ3v) is 3.74. The molecular weight excluding hydrogens is 280 g/mol. The minimum atomic E-state index is 0.803.